The van der Waals surface area contributed by atoms with Crippen molar-refractivity contribution < 1.29 is 19.4 Å². The van der Waals surface area contributed by atoms with Crippen molar-refractivity contribution in [3.8, 4) is 22.8 Å². The number of ether oxygens (including phenoxy) is 2. The van der Waals surface area contributed by atoms with Crippen molar-refractivity contribution in [2.45, 2.75) is 18.9 Å². The number of H-pyrrole nitrogens is 1. The Balaban J connectivity index is 1.86. The molecule has 24 heavy (non-hydrogen) atoms. The third-order valence-corrected chi connectivity index (χ3v) is 4.23. The monoisotopic (exact) mass is 331 g/mol. The second kappa shape index (κ2) is 6.92. The Labute approximate surface area is 140 Å². The Morgan fingerprint density at radius 1 is 1.38 bits per heavy atom. The van der Waals surface area contributed by atoms with Gasteiger partial charge in [0.2, 0.25) is 0 Å². The summed E-state index contributed by atoms with van der Waals surface area (Å²) in [6.45, 7) is 2.02. The van der Waals surface area contributed by atoms with Crippen molar-refractivity contribution in [2.24, 2.45) is 0 Å². The van der Waals surface area contributed by atoms with Gasteiger partial charge in [0.05, 0.1) is 12.8 Å². The molecule has 7 nitrogen and oxygen atoms in total. The zero-order chi connectivity index (χ0) is 17.1. The number of methoxy groups -OCH3 is 1. The third-order valence-electron chi connectivity index (χ3n) is 4.23. The van der Waals surface area contributed by atoms with E-state index in [1.165, 1.54) is 6.07 Å². The van der Waals surface area contributed by atoms with Crippen LogP contribution >= 0.6 is 0 Å². The molecule has 1 fully saturated rings. The number of para-hydroxylation sites is 1. The van der Waals surface area contributed by atoms with Crippen LogP contribution in [0, 0.1) is 0 Å². The molecular weight excluding hydrogens is 310 g/mol. The fourth-order valence-corrected chi connectivity index (χ4v) is 2.87. The van der Waals surface area contributed by atoms with Crippen molar-refractivity contribution in [2.75, 3.05) is 27.2 Å². The van der Waals surface area contributed by atoms with E-state index in [0.29, 0.717) is 22.8 Å². The number of rotatable bonds is 5. The molecule has 128 valence electrons. The molecule has 2 aromatic rings. The van der Waals surface area contributed by atoms with E-state index in [1.807, 2.05) is 18.2 Å². The smallest absolute Gasteiger partial charge is 0.353 e. The van der Waals surface area contributed by atoms with Gasteiger partial charge in [-0.3, -0.25) is 5.10 Å². The summed E-state index contributed by atoms with van der Waals surface area (Å²) in [4.78, 5) is 13.3. The number of nitrogens with one attached hydrogen (secondary N) is 1. The summed E-state index contributed by atoms with van der Waals surface area (Å²) in [7, 11) is 3.68. The van der Waals surface area contributed by atoms with Gasteiger partial charge in [-0.15, -0.1) is 0 Å². The fraction of sp³-hybridized carbons (Fsp3) is 0.412. The van der Waals surface area contributed by atoms with Crippen molar-refractivity contribution in [3.05, 3.63) is 30.0 Å². The van der Waals surface area contributed by atoms with Crippen LogP contribution in [0.25, 0.3) is 11.3 Å². The maximum atomic E-state index is 11.0. The Hall–Kier alpha value is -2.54. The number of carboxylic acids is 1. The number of hydrogen-bond donors (Lipinski definition) is 2. The molecule has 1 aromatic heterocycles. The average Bonchev–Trinajstić information content (AvgIpc) is 3.07. The third kappa shape index (κ3) is 3.35. The SMILES string of the molecule is COc1c(OC2CCN(C)CC2)cccc1-c1cc(C(=O)O)[nH]n1. The lowest BCUT2D eigenvalue weighted by Crippen LogP contribution is -2.35. The van der Waals surface area contributed by atoms with Gasteiger partial charge in [-0.2, -0.15) is 5.10 Å². The van der Waals surface area contributed by atoms with Crippen LogP contribution in [0.3, 0.4) is 0 Å². The molecule has 0 spiro atoms. The van der Waals surface area contributed by atoms with Crippen LogP contribution in [0.15, 0.2) is 24.3 Å². The Kier molecular flexibility index (Phi) is 4.71. The molecule has 0 saturated carbocycles. The zero-order valence-corrected chi connectivity index (χ0v) is 13.8. The first kappa shape index (κ1) is 16.3. The van der Waals surface area contributed by atoms with Crippen molar-refractivity contribution in [1.82, 2.24) is 15.1 Å². The average molecular weight is 331 g/mol. The predicted octanol–water partition coefficient (Wildman–Crippen LogP) is 2.26. The minimum Gasteiger partial charge on any atom is -0.492 e. The van der Waals surface area contributed by atoms with Gasteiger partial charge in [0, 0.05) is 18.7 Å². The first-order valence-corrected chi connectivity index (χ1v) is 7.89. The maximum Gasteiger partial charge on any atom is 0.353 e. The lowest BCUT2D eigenvalue weighted by atomic mass is 10.1. The molecule has 0 amide bonds. The minimum absolute atomic E-state index is 0.0358. The Morgan fingerprint density at radius 2 is 2.12 bits per heavy atom. The molecule has 1 aromatic carbocycles. The van der Waals surface area contributed by atoms with Crippen LogP contribution in [-0.2, 0) is 0 Å². The number of benzene rings is 1. The molecule has 7 heteroatoms. The topological polar surface area (TPSA) is 87.7 Å². The van der Waals surface area contributed by atoms with E-state index in [9.17, 15) is 4.79 Å². The summed E-state index contributed by atoms with van der Waals surface area (Å²) in [5.41, 5.74) is 1.25. The predicted molar refractivity (Wildman–Crippen MR) is 88.7 cm³/mol. The summed E-state index contributed by atoms with van der Waals surface area (Å²) in [6.07, 6.45) is 2.09. The van der Waals surface area contributed by atoms with Crippen LogP contribution in [0.2, 0.25) is 0 Å². The van der Waals surface area contributed by atoms with E-state index in [1.54, 1.807) is 7.11 Å². The number of aromatic carboxylic acids is 1. The van der Waals surface area contributed by atoms with Crippen LogP contribution in [0.5, 0.6) is 11.5 Å². The number of likely N-dealkylation sites (tertiary alicyclic amines) is 1. The number of aromatic nitrogens is 2. The number of nitrogens with zero attached hydrogens (tertiary/aromatic N) is 2. The normalized spacial score (nSPS) is 16.1. The molecule has 0 unspecified atom stereocenters. The van der Waals surface area contributed by atoms with E-state index in [-0.39, 0.29) is 11.8 Å². The quantitative estimate of drug-likeness (QED) is 0.874. The van der Waals surface area contributed by atoms with Gasteiger partial charge in [0.15, 0.2) is 11.5 Å². The van der Waals surface area contributed by atoms with E-state index in [0.717, 1.165) is 25.9 Å². The van der Waals surface area contributed by atoms with Gasteiger partial charge in [-0.1, -0.05) is 6.07 Å². The van der Waals surface area contributed by atoms with E-state index in [2.05, 4.69) is 22.1 Å². The number of hydrogen-bond acceptors (Lipinski definition) is 5. The summed E-state index contributed by atoms with van der Waals surface area (Å²) in [5.74, 6) is 0.177. The lowest BCUT2D eigenvalue weighted by Gasteiger charge is -2.29. The highest BCUT2D eigenvalue weighted by Gasteiger charge is 2.22. The molecule has 2 N–H and O–H groups in total. The lowest BCUT2D eigenvalue weighted by molar-refractivity contribution is 0.0690. The standard InChI is InChI=1S/C17H21N3O4/c1-20-8-6-11(7-9-20)24-15-5-3-4-12(16(15)23-2)13-10-14(17(21)22)19-18-13/h3-5,10-11H,6-9H2,1-2H3,(H,18,19)(H,21,22). The Morgan fingerprint density at radius 3 is 2.75 bits per heavy atom. The van der Waals surface area contributed by atoms with E-state index < -0.39 is 5.97 Å². The summed E-state index contributed by atoms with van der Waals surface area (Å²) < 4.78 is 11.7. The first-order chi connectivity index (χ1) is 11.6. The molecular formula is C17H21N3O4. The van der Waals surface area contributed by atoms with Gasteiger partial charge >= 0.3 is 5.97 Å². The van der Waals surface area contributed by atoms with Crippen LogP contribution in [-0.4, -0.2) is 59.5 Å². The number of carbonyl (C=O) groups is 1. The minimum atomic E-state index is -1.05. The molecule has 0 aliphatic carbocycles. The zero-order valence-electron chi connectivity index (χ0n) is 13.8. The van der Waals surface area contributed by atoms with Crippen molar-refractivity contribution in [1.29, 1.82) is 0 Å². The van der Waals surface area contributed by atoms with Gasteiger partial charge < -0.3 is 19.5 Å². The maximum absolute atomic E-state index is 11.0. The molecule has 1 aliphatic heterocycles. The van der Waals surface area contributed by atoms with Gasteiger partial charge in [0.25, 0.3) is 0 Å². The summed E-state index contributed by atoms with van der Waals surface area (Å²) in [5, 5.41) is 15.6. The van der Waals surface area contributed by atoms with Crippen molar-refractivity contribution >= 4 is 5.97 Å². The molecule has 0 atom stereocenters. The number of piperidine rings is 1. The molecule has 0 bridgehead atoms. The van der Waals surface area contributed by atoms with Crippen LogP contribution in [0.1, 0.15) is 23.3 Å². The van der Waals surface area contributed by atoms with Gasteiger partial charge in [0.1, 0.15) is 11.8 Å². The highest BCUT2D eigenvalue weighted by molar-refractivity contribution is 5.87. The largest absolute Gasteiger partial charge is 0.492 e. The summed E-state index contributed by atoms with van der Waals surface area (Å²) in [6, 6.07) is 7.05. The van der Waals surface area contributed by atoms with E-state index >= 15 is 0 Å². The highest BCUT2D eigenvalue weighted by Crippen LogP contribution is 2.38. The second-order valence-electron chi connectivity index (χ2n) is 5.93. The second-order valence-corrected chi connectivity index (χ2v) is 5.93. The van der Waals surface area contributed by atoms with Crippen LogP contribution < -0.4 is 9.47 Å². The molecule has 3 rings (SSSR count). The molecule has 2 heterocycles. The van der Waals surface area contributed by atoms with Crippen LogP contribution in [0.4, 0.5) is 0 Å². The van der Waals surface area contributed by atoms with Gasteiger partial charge in [-0.25, -0.2) is 4.79 Å². The Bertz CT molecular complexity index is 720. The number of aromatic amines is 1. The fourth-order valence-electron chi connectivity index (χ4n) is 2.87. The van der Waals surface area contributed by atoms with Crippen molar-refractivity contribution in [3.63, 3.8) is 0 Å². The van der Waals surface area contributed by atoms with Gasteiger partial charge in [-0.05, 0) is 38.1 Å². The molecule has 1 saturated heterocycles. The van der Waals surface area contributed by atoms with E-state index in [4.69, 9.17) is 14.6 Å². The molecule has 1 aliphatic rings. The summed E-state index contributed by atoms with van der Waals surface area (Å²) >= 11 is 0. The molecule has 0 radical (unpaired) electrons. The first-order valence-electron chi connectivity index (χ1n) is 7.89. The number of carboxylic acid groups (broad SMARTS) is 1. The highest BCUT2D eigenvalue weighted by atomic mass is 16.5.